The molecule has 0 rings (SSSR count). The second kappa shape index (κ2) is 5.85. The maximum atomic E-state index is 11.4. The van der Waals surface area contributed by atoms with Gasteiger partial charge in [-0.3, -0.25) is 9.59 Å². The van der Waals surface area contributed by atoms with Crippen LogP contribution >= 0.6 is 0 Å². The van der Waals surface area contributed by atoms with Crippen LogP contribution in [0.25, 0.3) is 0 Å². The minimum Gasteiger partial charge on any atom is -0.452 e. The Morgan fingerprint density at radius 3 is 2.20 bits per heavy atom. The largest absolute Gasteiger partial charge is 0.452 e. The van der Waals surface area contributed by atoms with Crippen LogP contribution < -0.4 is 0 Å². The van der Waals surface area contributed by atoms with E-state index in [0.717, 1.165) is 0 Å². The Morgan fingerprint density at radius 1 is 1.33 bits per heavy atom. The maximum absolute atomic E-state index is 11.4. The summed E-state index contributed by atoms with van der Waals surface area (Å²) in [7, 11) is 0. The van der Waals surface area contributed by atoms with Crippen molar-refractivity contribution in [2.24, 2.45) is 5.41 Å². The van der Waals surface area contributed by atoms with Gasteiger partial charge < -0.3 is 9.47 Å². The molecule has 0 aliphatic rings. The Kier molecular flexibility index (Phi) is 5.50. The van der Waals surface area contributed by atoms with Crippen LogP contribution in [0.3, 0.4) is 0 Å². The predicted molar refractivity (Wildman–Crippen MR) is 56.5 cm³/mol. The van der Waals surface area contributed by atoms with E-state index in [1.54, 1.807) is 20.8 Å². The molecule has 0 aromatic heterocycles. The van der Waals surface area contributed by atoms with E-state index in [0.29, 0.717) is 6.29 Å². The van der Waals surface area contributed by atoms with Gasteiger partial charge in [0.2, 0.25) is 0 Å². The van der Waals surface area contributed by atoms with Crippen molar-refractivity contribution in [3.05, 3.63) is 0 Å². The number of hydrogen-bond acceptors (Lipinski definition) is 4. The third-order valence-corrected chi connectivity index (χ3v) is 1.62. The number of rotatable bonds is 5. The molecule has 15 heavy (non-hydrogen) atoms. The Labute approximate surface area is 90.9 Å². The Morgan fingerprint density at radius 2 is 1.87 bits per heavy atom. The van der Waals surface area contributed by atoms with Crippen LogP contribution in [0, 0.1) is 5.41 Å². The molecule has 0 bridgehead atoms. The SMILES string of the molecule is CC(C)OC[C@H](C=O)OC(=O)C(C)(C)C. The molecule has 0 radical (unpaired) electrons. The predicted octanol–water partition coefficient (Wildman–Crippen LogP) is 1.57. The second-order valence-corrected chi connectivity index (χ2v) is 4.71. The van der Waals surface area contributed by atoms with E-state index >= 15 is 0 Å². The number of ether oxygens (including phenoxy) is 2. The molecule has 0 saturated carbocycles. The average Bonchev–Trinajstić information content (AvgIpc) is 2.09. The van der Waals surface area contributed by atoms with E-state index < -0.39 is 17.5 Å². The van der Waals surface area contributed by atoms with E-state index in [9.17, 15) is 9.59 Å². The lowest BCUT2D eigenvalue weighted by Gasteiger charge is -2.20. The van der Waals surface area contributed by atoms with Crippen molar-refractivity contribution in [1.82, 2.24) is 0 Å². The van der Waals surface area contributed by atoms with Crippen molar-refractivity contribution in [2.45, 2.75) is 46.8 Å². The Bertz CT molecular complexity index is 215. The van der Waals surface area contributed by atoms with Gasteiger partial charge >= 0.3 is 5.97 Å². The lowest BCUT2D eigenvalue weighted by atomic mass is 9.97. The molecule has 0 aromatic carbocycles. The lowest BCUT2D eigenvalue weighted by Crippen LogP contribution is -2.32. The smallest absolute Gasteiger partial charge is 0.312 e. The minimum atomic E-state index is -0.806. The zero-order valence-corrected chi connectivity index (χ0v) is 10.1. The third-order valence-electron chi connectivity index (χ3n) is 1.62. The molecular weight excluding hydrogens is 196 g/mol. The molecule has 1 atom stereocenters. The van der Waals surface area contributed by atoms with Crippen LogP contribution in [-0.4, -0.2) is 31.1 Å². The van der Waals surface area contributed by atoms with Crippen molar-refractivity contribution >= 4 is 12.3 Å². The van der Waals surface area contributed by atoms with Crippen molar-refractivity contribution in [2.75, 3.05) is 6.61 Å². The number of hydrogen-bond donors (Lipinski definition) is 0. The summed E-state index contributed by atoms with van der Waals surface area (Å²) in [5.41, 5.74) is -0.598. The third kappa shape index (κ3) is 6.23. The lowest BCUT2D eigenvalue weighted by molar-refractivity contribution is -0.164. The number of esters is 1. The topological polar surface area (TPSA) is 52.6 Å². The molecule has 0 aliphatic heterocycles. The van der Waals surface area contributed by atoms with Crippen molar-refractivity contribution in [3.63, 3.8) is 0 Å². The molecule has 88 valence electrons. The van der Waals surface area contributed by atoms with Gasteiger partial charge in [0.1, 0.15) is 0 Å². The van der Waals surface area contributed by atoms with Crippen LogP contribution in [0.15, 0.2) is 0 Å². The second-order valence-electron chi connectivity index (χ2n) is 4.71. The summed E-state index contributed by atoms with van der Waals surface area (Å²) in [5.74, 6) is -0.396. The van der Waals surface area contributed by atoms with Crippen LogP contribution in [0.4, 0.5) is 0 Å². The molecule has 0 amide bonds. The highest BCUT2D eigenvalue weighted by Crippen LogP contribution is 2.16. The molecule has 0 spiro atoms. The molecule has 0 aliphatic carbocycles. The molecule has 0 heterocycles. The van der Waals surface area contributed by atoms with E-state index in [4.69, 9.17) is 9.47 Å². The summed E-state index contributed by atoms with van der Waals surface area (Å²) in [6.07, 6.45) is -0.202. The van der Waals surface area contributed by atoms with Gasteiger partial charge in [-0.2, -0.15) is 0 Å². The Balaban J connectivity index is 4.11. The Hall–Kier alpha value is -0.900. The van der Waals surface area contributed by atoms with E-state index in [-0.39, 0.29) is 12.7 Å². The summed E-state index contributed by atoms with van der Waals surface area (Å²) in [5, 5.41) is 0. The van der Waals surface area contributed by atoms with Gasteiger partial charge in [0.15, 0.2) is 12.4 Å². The van der Waals surface area contributed by atoms with Crippen LogP contribution in [0.5, 0.6) is 0 Å². The molecule has 0 fully saturated rings. The maximum Gasteiger partial charge on any atom is 0.312 e. The monoisotopic (exact) mass is 216 g/mol. The van der Waals surface area contributed by atoms with Gasteiger partial charge in [0.25, 0.3) is 0 Å². The molecule has 0 saturated heterocycles. The van der Waals surface area contributed by atoms with E-state index in [1.165, 1.54) is 0 Å². The van der Waals surface area contributed by atoms with Gasteiger partial charge in [-0.25, -0.2) is 0 Å². The first kappa shape index (κ1) is 14.1. The quantitative estimate of drug-likeness (QED) is 0.517. The molecule has 4 nitrogen and oxygen atoms in total. The van der Waals surface area contributed by atoms with Gasteiger partial charge in [0.05, 0.1) is 18.1 Å². The fourth-order valence-electron chi connectivity index (χ4n) is 0.703. The average molecular weight is 216 g/mol. The summed E-state index contributed by atoms with van der Waals surface area (Å²) >= 11 is 0. The summed E-state index contributed by atoms with van der Waals surface area (Å²) in [6, 6.07) is 0. The van der Waals surface area contributed by atoms with Crippen molar-refractivity contribution in [1.29, 1.82) is 0 Å². The summed E-state index contributed by atoms with van der Waals surface area (Å²) < 4.78 is 10.2. The van der Waals surface area contributed by atoms with Crippen molar-refractivity contribution < 1.29 is 19.1 Å². The first-order valence-electron chi connectivity index (χ1n) is 5.05. The number of aldehydes is 1. The van der Waals surface area contributed by atoms with Gasteiger partial charge in [-0.15, -0.1) is 0 Å². The van der Waals surface area contributed by atoms with E-state index in [1.807, 2.05) is 13.8 Å². The highest BCUT2D eigenvalue weighted by molar-refractivity contribution is 5.77. The van der Waals surface area contributed by atoms with Crippen LogP contribution in [0.2, 0.25) is 0 Å². The highest BCUT2D eigenvalue weighted by atomic mass is 16.6. The fourth-order valence-corrected chi connectivity index (χ4v) is 0.703. The highest BCUT2D eigenvalue weighted by Gasteiger charge is 2.26. The fraction of sp³-hybridized carbons (Fsp3) is 0.818. The molecule has 0 aromatic rings. The zero-order valence-electron chi connectivity index (χ0n) is 10.1. The van der Waals surface area contributed by atoms with E-state index in [2.05, 4.69) is 0 Å². The summed E-state index contributed by atoms with van der Waals surface area (Å²) in [6.45, 7) is 9.03. The zero-order chi connectivity index (χ0) is 12.1. The van der Waals surface area contributed by atoms with Gasteiger partial charge in [-0.05, 0) is 34.6 Å². The molecule has 0 unspecified atom stereocenters. The first-order valence-corrected chi connectivity index (χ1v) is 5.05. The van der Waals surface area contributed by atoms with Crippen LogP contribution in [-0.2, 0) is 19.1 Å². The van der Waals surface area contributed by atoms with Gasteiger partial charge in [-0.1, -0.05) is 0 Å². The molecule has 4 heteroatoms. The molecular formula is C11H20O4. The minimum absolute atomic E-state index is 0.0146. The summed E-state index contributed by atoms with van der Waals surface area (Å²) in [4.78, 5) is 22.1. The van der Waals surface area contributed by atoms with Crippen molar-refractivity contribution in [3.8, 4) is 0 Å². The van der Waals surface area contributed by atoms with Gasteiger partial charge in [0, 0.05) is 0 Å². The standard InChI is InChI=1S/C11H20O4/c1-8(2)14-7-9(6-12)15-10(13)11(3,4)5/h6,8-9H,7H2,1-5H3/t9-/m0/s1. The number of carbonyl (C=O) groups excluding carboxylic acids is 2. The number of carbonyl (C=O) groups is 2. The molecule has 0 N–H and O–H groups in total. The first-order chi connectivity index (χ1) is 6.77. The van der Waals surface area contributed by atoms with Crippen LogP contribution in [0.1, 0.15) is 34.6 Å². The normalized spacial score (nSPS) is 13.7.